The zero-order valence-corrected chi connectivity index (χ0v) is 17.2. The highest BCUT2D eigenvalue weighted by Crippen LogP contribution is 2.17. The van der Waals surface area contributed by atoms with Crippen LogP contribution in [0.1, 0.15) is 43.5 Å². The lowest BCUT2D eigenvalue weighted by Gasteiger charge is -2.31. The zero-order valence-electron chi connectivity index (χ0n) is 15.6. The third kappa shape index (κ3) is 6.48. The van der Waals surface area contributed by atoms with Crippen molar-refractivity contribution in [2.75, 3.05) is 26.2 Å². The Morgan fingerprint density at radius 1 is 1.41 bits per heavy atom. The number of nitrogens with zero attached hydrogens (tertiary/aromatic N) is 2. The van der Waals surface area contributed by atoms with Crippen LogP contribution in [0.15, 0.2) is 28.4 Å². The van der Waals surface area contributed by atoms with Crippen LogP contribution >= 0.6 is 15.9 Å². The molecule has 0 atom stereocenters. The summed E-state index contributed by atoms with van der Waals surface area (Å²) in [7, 11) is 0. The van der Waals surface area contributed by atoms with E-state index >= 15 is 0 Å². The van der Waals surface area contributed by atoms with Crippen LogP contribution in [-0.2, 0) is 4.79 Å². The van der Waals surface area contributed by atoms with Crippen molar-refractivity contribution in [3.05, 3.63) is 39.9 Å². The molecule has 2 heterocycles. The number of ketones is 1. The van der Waals surface area contributed by atoms with Crippen LogP contribution in [0.3, 0.4) is 0 Å². The highest BCUT2D eigenvalue weighted by molar-refractivity contribution is 9.10. The van der Waals surface area contributed by atoms with Gasteiger partial charge in [0.05, 0.1) is 5.56 Å². The predicted octanol–water partition coefficient (Wildman–Crippen LogP) is 3.03. The van der Waals surface area contributed by atoms with Crippen LogP contribution in [0.2, 0.25) is 0 Å². The van der Waals surface area contributed by atoms with Gasteiger partial charge in [0, 0.05) is 22.8 Å². The Balaban J connectivity index is 1.98. The van der Waals surface area contributed by atoms with Gasteiger partial charge in [0.1, 0.15) is 5.57 Å². The van der Waals surface area contributed by atoms with Gasteiger partial charge in [-0.1, -0.05) is 6.08 Å². The number of carbonyl (C=O) groups excluding carboxylic acids is 1. The second-order valence-corrected chi connectivity index (χ2v) is 8.24. The number of aromatic nitrogens is 1. The van der Waals surface area contributed by atoms with E-state index in [2.05, 4.69) is 45.0 Å². The molecule has 0 saturated carbocycles. The van der Waals surface area contributed by atoms with Crippen LogP contribution in [0, 0.1) is 5.95 Å². The summed E-state index contributed by atoms with van der Waals surface area (Å²) in [6, 6.07) is 1.23. The van der Waals surface area contributed by atoms with Crippen LogP contribution in [0.25, 0.3) is 0 Å². The van der Waals surface area contributed by atoms with E-state index in [0.29, 0.717) is 17.4 Å². The van der Waals surface area contributed by atoms with Gasteiger partial charge in [-0.2, -0.15) is 4.39 Å². The second-order valence-electron chi connectivity index (χ2n) is 7.33. The summed E-state index contributed by atoms with van der Waals surface area (Å²) in [5, 5.41) is 12.7. The van der Waals surface area contributed by atoms with E-state index in [4.69, 9.17) is 0 Å². The number of aliphatic carboxylic acids is 1. The Kier molecular flexibility index (Phi) is 7.64. The molecule has 1 fully saturated rings. The van der Waals surface area contributed by atoms with E-state index in [1.54, 1.807) is 0 Å². The smallest absolute Gasteiger partial charge is 0.339 e. The van der Waals surface area contributed by atoms with Crippen LogP contribution in [0.5, 0.6) is 0 Å². The first-order valence-electron chi connectivity index (χ1n) is 8.96. The van der Waals surface area contributed by atoms with Gasteiger partial charge in [0.15, 0.2) is 0 Å². The van der Waals surface area contributed by atoms with Crippen molar-refractivity contribution < 1.29 is 19.1 Å². The fourth-order valence-electron chi connectivity index (χ4n) is 3.19. The van der Waals surface area contributed by atoms with Crippen molar-refractivity contribution in [3.8, 4) is 0 Å². The number of nitrogens with one attached hydrogen (secondary N) is 1. The molecule has 0 amide bonds. The SMILES string of the molecule is CC(C)(CN1CCCC1)NCC/C=C(\C(=O)O)C(=O)c1cc(Br)cnc1F. The molecule has 0 aliphatic carbocycles. The third-order valence-electron chi connectivity index (χ3n) is 4.44. The first-order valence-corrected chi connectivity index (χ1v) is 9.75. The third-order valence-corrected chi connectivity index (χ3v) is 4.87. The number of hydrogen-bond acceptors (Lipinski definition) is 5. The summed E-state index contributed by atoms with van der Waals surface area (Å²) >= 11 is 3.11. The number of rotatable bonds is 9. The molecule has 1 saturated heterocycles. The maximum Gasteiger partial charge on any atom is 0.339 e. The molecule has 0 spiro atoms. The number of likely N-dealkylation sites (tertiary alicyclic amines) is 1. The predicted molar refractivity (Wildman–Crippen MR) is 104 cm³/mol. The van der Waals surface area contributed by atoms with Crippen molar-refractivity contribution in [3.63, 3.8) is 0 Å². The lowest BCUT2D eigenvalue weighted by atomic mass is 10.0. The fourth-order valence-corrected chi connectivity index (χ4v) is 3.52. The number of Topliss-reactive ketones (excluding diaryl/α,β-unsaturated/α-hetero) is 1. The van der Waals surface area contributed by atoms with Gasteiger partial charge in [-0.15, -0.1) is 0 Å². The first-order chi connectivity index (χ1) is 12.7. The Morgan fingerprint density at radius 3 is 2.70 bits per heavy atom. The summed E-state index contributed by atoms with van der Waals surface area (Å²) in [6.07, 6.45) is 5.35. The normalized spacial score (nSPS) is 15.9. The molecule has 1 aromatic heterocycles. The lowest BCUT2D eigenvalue weighted by molar-refractivity contribution is -0.132. The van der Waals surface area contributed by atoms with Crippen LogP contribution in [-0.4, -0.2) is 58.5 Å². The monoisotopic (exact) mass is 441 g/mol. The molecule has 8 heteroatoms. The average molecular weight is 442 g/mol. The summed E-state index contributed by atoms with van der Waals surface area (Å²) in [6.45, 7) is 7.84. The molecule has 0 bridgehead atoms. The minimum Gasteiger partial charge on any atom is -0.478 e. The summed E-state index contributed by atoms with van der Waals surface area (Å²) in [4.78, 5) is 29.7. The first kappa shape index (κ1) is 21.7. The van der Waals surface area contributed by atoms with Crippen LogP contribution < -0.4 is 5.32 Å². The summed E-state index contributed by atoms with van der Waals surface area (Å²) in [5.74, 6) is -3.25. The highest BCUT2D eigenvalue weighted by Gasteiger charge is 2.24. The summed E-state index contributed by atoms with van der Waals surface area (Å²) in [5.41, 5.74) is -0.931. The molecule has 27 heavy (non-hydrogen) atoms. The number of pyridine rings is 1. The second kappa shape index (κ2) is 9.52. The number of carbonyl (C=O) groups is 2. The largest absolute Gasteiger partial charge is 0.478 e. The van der Waals surface area contributed by atoms with Gasteiger partial charge >= 0.3 is 5.97 Å². The molecule has 6 nitrogen and oxygen atoms in total. The number of halogens is 2. The van der Waals surface area contributed by atoms with Crippen LogP contribution in [0.4, 0.5) is 4.39 Å². The Bertz CT molecular complexity index is 731. The molecule has 148 valence electrons. The molecule has 0 unspecified atom stereocenters. The van der Waals surface area contributed by atoms with Crippen molar-refractivity contribution >= 4 is 27.7 Å². The average Bonchev–Trinajstić information content (AvgIpc) is 3.08. The molecule has 0 aromatic carbocycles. The van der Waals surface area contributed by atoms with Gasteiger partial charge < -0.3 is 15.3 Å². The van der Waals surface area contributed by atoms with Crippen molar-refractivity contribution in [1.82, 2.24) is 15.2 Å². The molecule has 1 aliphatic heterocycles. The fraction of sp³-hybridized carbons (Fsp3) is 0.526. The lowest BCUT2D eigenvalue weighted by Crippen LogP contribution is -2.48. The maximum absolute atomic E-state index is 13.8. The maximum atomic E-state index is 13.8. The minimum atomic E-state index is -1.38. The molecule has 1 aliphatic rings. The van der Waals surface area contributed by atoms with E-state index in [0.717, 1.165) is 19.6 Å². The highest BCUT2D eigenvalue weighted by atomic mass is 79.9. The molecule has 2 N–H and O–H groups in total. The Morgan fingerprint density at radius 2 is 2.07 bits per heavy atom. The zero-order chi connectivity index (χ0) is 20.0. The van der Waals surface area contributed by atoms with Crippen molar-refractivity contribution in [2.45, 2.75) is 38.6 Å². The molecule has 2 rings (SSSR count). The van der Waals surface area contributed by atoms with E-state index < -0.39 is 23.3 Å². The number of carboxylic acid groups (broad SMARTS) is 1. The number of carboxylic acids is 1. The van der Waals surface area contributed by atoms with E-state index in [-0.39, 0.29) is 11.1 Å². The van der Waals surface area contributed by atoms with E-state index in [1.165, 1.54) is 31.2 Å². The Labute approximate surface area is 167 Å². The van der Waals surface area contributed by atoms with Gasteiger partial charge in [0.25, 0.3) is 0 Å². The number of hydrogen-bond donors (Lipinski definition) is 2. The molecular weight excluding hydrogens is 417 g/mol. The standard InChI is InChI=1S/C19H25BrFN3O3/c1-19(2,12-24-8-3-4-9-24)23-7-5-6-14(18(26)27)16(25)15-10-13(20)11-22-17(15)21/h6,10-11,23H,3-5,7-9,12H2,1-2H3,(H,26,27)/b14-6-. The van der Waals surface area contributed by atoms with Crippen molar-refractivity contribution in [1.29, 1.82) is 0 Å². The quantitative estimate of drug-likeness (QED) is 0.153. The molecule has 1 aromatic rings. The van der Waals surface area contributed by atoms with Gasteiger partial charge in [-0.3, -0.25) is 4.79 Å². The minimum absolute atomic E-state index is 0.119. The van der Waals surface area contributed by atoms with E-state index in [1.807, 2.05) is 0 Å². The van der Waals surface area contributed by atoms with Gasteiger partial charge in [0.2, 0.25) is 11.7 Å². The molecular formula is C19H25BrFN3O3. The van der Waals surface area contributed by atoms with E-state index in [9.17, 15) is 19.1 Å². The van der Waals surface area contributed by atoms with Gasteiger partial charge in [-0.05, 0) is 74.7 Å². The Hall–Kier alpha value is -1.64. The van der Waals surface area contributed by atoms with Crippen molar-refractivity contribution in [2.24, 2.45) is 0 Å². The summed E-state index contributed by atoms with van der Waals surface area (Å²) < 4.78 is 14.2. The topological polar surface area (TPSA) is 82.5 Å². The van der Waals surface area contributed by atoms with Gasteiger partial charge in [-0.25, -0.2) is 9.78 Å². The molecule has 0 radical (unpaired) electrons.